The van der Waals surface area contributed by atoms with Crippen LogP contribution in [0.25, 0.3) is 0 Å². The molecule has 4 nitrogen and oxygen atoms in total. The minimum Gasteiger partial charge on any atom is -0.485 e. The third kappa shape index (κ3) is 1.88. The molecule has 0 aliphatic carbocycles. The van der Waals surface area contributed by atoms with Gasteiger partial charge in [0.2, 0.25) is 0 Å². The summed E-state index contributed by atoms with van der Waals surface area (Å²) in [7, 11) is 0. The van der Waals surface area contributed by atoms with Gasteiger partial charge in [-0.15, -0.1) is 0 Å². The zero-order valence-electron chi connectivity index (χ0n) is 9.76. The van der Waals surface area contributed by atoms with E-state index in [0.717, 1.165) is 28.4 Å². The van der Waals surface area contributed by atoms with Gasteiger partial charge >= 0.3 is 0 Å². The number of nitrogens with two attached hydrogens (primary N) is 2. The lowest BCUT2D eigenvalue weighted by Crippen LogP contribution is -2.16. The molecule has 2 aromatic rings. The number of anilines is 2. The molecule has 0 atom stereocenters. The van der Waals surface area contributed by atoms with Crippen LogP contribution in [0.3, 0.4) is 0 Å². The Morgan fingerprint density at radius 2 is 1.83 bits per heavy atom. The highest BCUT2D eigenvalue weighted by atomic mass is 16.5. The summed E-state index contributed by atoms with van der Waals surface area (Å²) in [4.78, 5) is 4.58. The van der Waals surface area contributed by atoms with Crippen molar-refractivity contribution in [2.45, 2.75) is 0 Å². The number of hydrogen-bond donors (Lipinski definition) is 2. The van der Waals surface area contributed by atoms with Crippen molar-refractivity contribution in [3.63, 3.8) is 0 Å². The SMILES string of the molecule is Nc1cccc(C2=Nc3ccc(N)cc3OC2)c1. The van der Waals surface area contributed by atoms with Crippen molar-refractivity contribution in [2.24, 2.45) is 4.99 Å². The highest BCUT2D eigenvalue weighted by molar-refractivity contribution is 6.05. The number of fused-ring (bicyclic) bond motifs is 1. The standard InChI is InChI=1S/C14H13N3O/c15-10-3-1-2-9(6-10)13-8-18-14-7-11(16)4-5-12(14)17-13/h1-7H,8,15-16H2. The average molecular weight is 239 g/mol. The van der Waals surface area contributed by atoms with Crippen LogP contribution in [-0.2, 0) is 0 Å². The number of rotatable bonds is 1. The van der Waals surface area contributed by atoms with Gasteiger partial charge < -0.3 is 16.2 Å². The van der Waals surface area contributed by atoms with Crippen molar-refractivity contribution in [3.8, 4) is 5.75 Å². The molecule has 0 spiro atoms. The molecule has 0 bridgehead atoms. The summed E-state index contributed by atoms with van der Waals surface area (Å²) in [6.45, 7) is 0.430. The minimum atomic E-state index is 0.430. The zero-order chi connectivity index (χ0) is 12.5. The van der Waals surface area contributed by atoms with E-state index in [2.05, 4.69) is 4.99 Å². The second-order valence-electron chi connectivity index (χ2n) is 4.20. The van der Waals surface area contributed by atoms with Gasteiger partial charge in [-0.2, -0.15) is 0 Å². The van der Waals surface area contributed by atoms with E-state index in [9.17, 15) is 0 Å². The Morgan fingerprint density at radius 3 is 2.67 bits per heavy atom. The predicted octanol–water partition coefficient (Wildman–Crippen LogP) is 2.36. The molecule has 1 aliphatic rings. The van der Waals surface area contributed by atoms with Crippen LogP contribution < -0.4 is 16.2 Å². The summed E-state index contributed by atoms with van der Waals surface area (Å²) in [6, 6.07) is 13.1. The minimum absolute atomic E-state index is 0.430. The van der Waals surface area contributed by atoms with Gasteiger partial charge in [-0.25, -0.2) is 4.99 Å². The van der Waals surface area contributed by atoms with Crippen LogP contribution in [0.4, 0.5) is 17.1 Å². The molecule has 18 heavy (non-hydrogen) atoms. The van der Waals surface area contributed by atoms with Gasteiger partial charge in [-0.1, -0.05) is 12.1 Å². The van der Waals surface area contributed by atoms with Crippen LogP contribution in [-0.4, -0.2) is 12.3 Å². The van der Waals surface area contributed by atoms with Crippen molar-refractivity contribution >= 4 is 22.8 Å². The monoisotopic (exact) mass is 239 g/mol. The van der Waals surface area contributed by atoms with Crippen molar-refractivity contribution in [1.82, 2.24) is 0 Å². The Kier molecular flexibility index (Phi) is 2.41. The van der Waals surface area contributed by atoms with Crippen LogP contribution >= 0.6 is 0 Å². The fourth-order valence-electron chi connectivity index (χ4n) is 1.93. The average Bonchev–Trinajstić information content (AvgIpc) is 2.38. The van der Waals surface area contributed by atoms with E-state index in [0.29, 0.717) is 12.3 Å². The molecule has 4 N–H and O–H groups in total. The molecule has 0 saturated carbocycles. The zero-order valence-corrected chi connectivity index (χ0v) is 9.76. The molecule has 1 heterocycles. The first kappa shape index (κ1) is 10.7. The number of benzene rings is 2. The van der Waals surface area contributed by atoms with Gasteiger partial charge in [0.1, 0.15) is 18.0 Å². The summed E-state index contributed by atoms with van der Waals surface area (Å²) in [5.41, 5.74) is 15.5. The molecule has 90 valence electrons. The number of aliphatic imine (C=N–C) groups is 1. The maximum absolute atomic E-state index is 5.77. The molecule has 0 fully saturated rings. The van der Waals surface area contributed by atoms with E-state index in [-0.39, 0.29) is 0 Å². The Labute approximate surface area is 105 Å². The van der Waals surface area contributed by atoms with Gasteiger partial charge in [0.25, 0.3) is 0 Å². The van der Waals surface area contributed by atoms with E-state index in [1.165, 1.54) is 0 Å². The van der Waals surface area contributed by atoms with Gasteiger partial charge in [0.15, 0.2) is 0 Å². The number of ether oxygens (including phenoxy) is 1. The molecule has 2 aromatic carbocycles. The first-order chi connectivity index (χ1) is 8.72. The van der Waals surface area contributed by atoms with Crippen LogP contribution in [0.15, 0.2) is 47.5 Å². The Bertz CT molecular complexity index is 635. The van der Waals surface area contributed by atoms with Crippen LogP contribution in [0.2, 0.25) is 0 Å². The van der Waals surface area contributed by atoms with Crippen molar-refractivity contribution in [1.29, 1.82) is 0 Å². The van der Waals surface area contributed by atoms with Gasteiger partial charge in [0, 0.05) is 23.0 Å². The van der Waals surface area contributed by atoms with Gasteiger partial charge in [-0.3, -0.25) is 0 Å². The first-order valence-electron chi connectivity index (χ1n) is 5.68. The number of hydrogen-bond acceptors (Lipinski definition) is 4. The lowest BCUT2D eigenvalue weighted by Gasteiger charge is -2.17. The third-order valence-corrected chi connectivity index (χ3v) is 2.82. The van der Waals surface area contributed by atoms with E-state index in [1.807, 2.05) is 36.4 Å². The second-order valence-corrected chi connectivity index (χ2v) is 4.20. The molecule has 0 unspecified atom stereocenters. The Hall–Kier alpha value is -2.49. The summed E-state index contributed by atoms with van der Waals surface area (Å²) < 4.78 is 5.66. The Morgan fingerprint density at radius 1 is 1.00 bits per heavy atom. The number of nitrogens with zero attached hydrogens (tertiary/aromatic N) is 1. The van der Waals surface area contributed by atoms with Crippen LogP contribution in [0, 0.1) is 0 Å². The lowest BCUT2D eigenvalue weighted by atomic mass is 10.1. The summed E-state index contributed by atoms with van der Waals surface area (Å²) in [5.74, 6) is 0.725. The van der Waals surface area contributed by atoms with E-state index < -0.39 is 0 Å². The van der Waals surface area contributed by atoms with Crippen molar-refractivity contribution < 1.29 is 4.74 Å². The Balaban J connectivity index is 2.03. The predicted molar refractivity (Wildman–Crippen MR) is 73.4 cm³/mol. The van der Waals surface area contributed by atoms with E-state index in [1.54, 1.807) is 6.07 Å². The highest BCUT2D eigenvalue weighted by Gasteiger charge is 2.14. The quantitative estimate of drug-likeness (QED) is 0.750. The number of nitrogen functional groups attached to an aromatic ring is 2. The second kappa shape index (κ2) is 4.07. The largest absolute Gasteiger partial charge is 0.485 e. The van der Waals surface area contributed by atoms with Gasteiger partial charge in [-0.05, 0) is 24.3 Å². The molecular formula is C14H13N3O. The molecule has 0 aromatic heterocycles. The fourth-order valence-corrected chi connectivity index (χ4v) is 1.93. The van der Waals surface area contributed by atoms with Gasteiger partial charge in [0.05, 0.1) is 5.71 Å². The highest BCUT2D eigenvalue weighted by Crippen LogP contribution is 2.33. The first-order valence-corrected chi connectivity index (χ1v) is 5.68. The molecule has 0 radical (unpaired) electrons. The molecule has 0 saturated heterocycles. The third-order valence-electron chi connectivity index (χ3n) is 2.82. The molecule has 0 amide bonds. The maximum atomic E-state index is 5.77. The van der Waals surface area contributed by atoms with E-state index in [4.69, 9.17) is 16.2 Å². The topological polar surface area (TPSA) is 73.6 Å². The maximum Gasteiger partial charge on any atom is 0.147 e. The molecule has 1 aliphatic heterocycles. The fraction of sp³-hybridized carbons (Fsp3) is 0.0714. The molecule has 3 rings (SSSR count). The van der Waals surface area contributed by atoms with Crippen LogP contribution in [0.1, 0.15) is 5.56 Å². The molecular weight excluding hydrogens is 226 g/mol. The van der Waals surface area contributed by atoms with E-state index >= 15 is 0 Å². The lowest BCUT2D eigenvalue weighted by molar-refractivity contribution is 0.373. The molecule has 4 heteroatoms. The summed E-state index contributed by atoms with van der Waals surface area (Å²) >= 11 is 0. The smallest absolute Gasteiger partial charge is 0.147 e. The summed E-state index contributed by atoms with van der Waals surface area (Å²) in [5, 5.41) is 0. The summed E-state index contributed by atoms with van der Waals surface area (Å²) in [6.07, 6.45) is 0. The normalized spacial score (nSPS) is 13.4. The van der Waals surface area contributed by atoms with Crippen molar-refractivity contribution in [3.05, 3.63) is 48.0 Å². The van der Waals surface area contributed by atoms with Crippen molar-refractivity contribution in [2.75, 3.05) is 18.1 Å². The van der Waals surface area contributed by atoms with Crippen LogP contribution in [0.5, 0.6) is 5.75 Å².